The van der Waals surface area contributed by atoms with Gasteiger partial charge in [-0.05, 0) is 50.9 Å². The number of nitrogens with two attached hydrogens (primary N) is 1. The van der Waals surface area contributed by atoms with Gasteiger partial charge in [-0.2, -0.15) is 0 Å². The van der Waals surface area contributed by atoms with E-state index in [4.69, 9.17) is 5.73 Å². The zero-order valence-corrected chi connectivity index (χ0v) is 14.7. The smallest absolute Gasteiger partial charge is 0.139 e. The summed E-state index contributed by atoms with van der Waals surface area (Å²) in [5, 5.41) is 3.32. The Morgan fingerprint density at radius 3 is 2.30 bits per heavy atom. The second-order valence-electron chi connectivity index (χ2n) is 4.82. The number of nitrogens with one attached hydrogen (secondary N) is 1. The molecule has 0 atom stereocenters. The van der Waals surface area contributed by atoms with Crippen LogP contribution in [0, 0.1) is 6.92 Å². The van der Waals surface area contributed by atoms with Crippen molar-refractivity contribution >= 4 is 49.2 Å². The SMILES string of the molecule is Cc1c(N)nc(C(C)C)nc1Nc1c(Br)cccc1Br. The Hall–Kier alpha value is -1.14. The molecule has 0 amide bonds. The molecule has 2 aromatic rings. The molecule has 0 aliphatic carbocycles. The van der Waals surface area contributed by atoms with E-state index < -0.39 is 0 Å². The molecule has 0 spiro atoms. The second kappa shape index (κ2) is 6.10. The van der Waals surface area contributed by atoms with Crippen LogP contribution in [-0.4, -0.2) is 9.97 Å². The highest BCUT2D eigenvalue weighted by molar-refractivity contribution is 9.11. The van der Waals surface area contributed by atoms with Crippen molar-refractivity contribution in [2.75, 3.05) is 11.1 Å². The van der Waals surface area contributed by atoms with Gasteiger partial charge in [0.1, 0.15) is 17.5 Å². The molecule has 106 valence electrons. The Balaban J connectivity index is 2.48. The maximum atomic E-state index is 5.97. The third kappa shape index (κ3) is 3.12. The molecule has 1 aromatic carbocycles. The lowest BCUT2D eigenvalue weighted by molar-refractivity contribution is 0.776. The van der Waals surface area contributed by atoms with Gasteiger partial charge in [-0.1, -0.05) is 19.9 Å². The standard InChI is InChI=1S/C14H16Br2N4/c1-7(2)13-19-12(17)8(3)14(20-13)18-11-9(15)5-4-6-10(11)16/h4-7H,1-3H3,(H3,17,18,19,20). The molecule has 0 radical (unpaired) electrons. The maximum Gasteiger partial charge on any atom is 0.139 e. The van der Waals surface area contributed by atoms with Gasteiger partial charge in [-0.25, -0.2) is 9.97 Å². The van der Waals surface area contributed by atoms with Crippen LogP contribution >= 0.6 is 31.9 Å². The van der Waals surface area contributed by atoms with Crippen molar-refractivity contribution in [3.63, 3.8) is 0 Å². The van der Waals surface area contributed by atoms with Crippen LogP contribution in [0.3, 0.4) is 0 Å². The molecule has 3 N–H and O–H groups in total. The molecular formula is C14H16Br2N4. The fourth-order valence-electron chi connectivity index (χ4n) is 1.67. The summed E-state index contributed by atoms with van der Waals surface area (Å²) in [7, 11) is 0. The monoisotopic (exact) mass is 398 g/mol. The number of benzene rings is 1. The Bertz CT molecular complexity index is 621. The number of aromatic nitrogens is 2. The minimum atomic E-state index is 0.223. The highest BCUT2D eigenvalue weighted by Crippen LogP contribution is 2.34. The van der Waals surface area contributed by atoms with Crippen LogP contribution in [-0.2, 0) is 0 Å². The van der Waals surface area contributed by atoms with Crippen LogP contribution in [0.2, 0.25) is 0 Å². The molecule has 0 aliphatic rings. The zero-order valence-electron chi connectivity index (χ0n) is 11.5. The molecule has 0 fully saturated rings. The predicted molar refractivity (Wildman–Crippen MR) is 90.4 cm³/mol. The van der Waals surface area contributed by atoms with Crippen LogP contribution in [0.25, 0.3) is 0 Å². The summed E-state index contributed by atoms with van der Waals surface area (Å²) in [6.45, 7) is 6.00. The molecule has 2 rings (SSSR count). The predicted octanol–water partition coefficient (Wildman–Crippen LogP) is 4.76. The van der Waals surface area contributed by atoms with Gasteiger partial charge in [0, 0.05) is 20.4 Å². The van der Waals surface area contributed by atoms with Crippen LogP contribution in [0.4, 0.5) is 17.3 Å². The largest absolute Gasteiger partial charge is 0.383 e. The minimum Gasteiger partial charge on any atom is -0.383 e. The lowest BCUT2D eigenvalue weighted by Crippen LogP contribution is -2.08. The highest BCUT2D eigenvalue weighted by atomic mass is 79.9. The van der Waals surface area contributed by atoms with E-state index in [9.17, 15) is 0 Å². The normalized spacial score (nSPS) is 10.9. The third-order valence-corrected chi connectivity index (χ3v) is 4.24. The highest BCUT2D eigenvalue weighted by Gasteiger charge is 2.13. The molecule has 6 heteroatoms. The van der Waals surface area contributed by atoms with Crippen LogP contribution in [0.15, 0.2) is 27.1 Å². The average Bonchev–Trinajstić information content (AvgIpc) is 2.38. The number of halogens is 2. The molecule has 0 saturated carbocycles. The van der Waals surface area contributed by atoms with Gasteiger partial charge in [-0.3, -0.25) is 0 Å². The third-order valence-electron chi connectivity index (χ3n) is 2.92. The van der Waals surface area contributed by atoms with Crippen molar-refractivity contribution in [2.24, 2.45) is 0 Å². The summed E-state index contributed by atoms with van der Waals surface area (Å²) in [6.07, 6.45) is 0. The van der Waals surface area contributed by atoms with Crippen LogP contribution in [0.1, 0.15) is 31.2 Å². The molecular weight excluding hydrogens is 384 g/mol. The molecule has 1 heterocycles. The lowest BCUT2D eigenvalue weighted by Gasteiger charge is -2.15. The van der Waals surface area contributed by atoms with E-state index in [0.717, 1.165) is 31.8 Å². The average molecular weight is 400 g/mol. The summed E-state index contributed by atoms with van der Waals surface area (Å²) < 4.78 is 1.91. The van der Waals surface area contributed by atoms with Crippen LogP contribution in [0.5, 0.6) is 0 Å². The van der Waals surface area contributed by atoms with Gasteiger partial charge in [-0.15, -0.1) is 0 Å². The fourth-order valence-corrected chi connectivity index (χ4v) is 2.86. The number of nitrogen functional groups attached to an aromatic ring is 1. The second-order valence-corrected chi connectivity index (χ2v) is 6.53. The van der Waals surface area contributed by atoms with Gasteiger partial charge >= 0.3 is 0 Å². The number of nitrogens with zero attached hydrogens (tertiary/aromatic N) is 2. The zero-order chi connectivity index (χ0) is 14.9. The van der Waals surface area contributed by atoms with Crippen molar-refractivity contribution in [3.05, 3.63) is 38.5 Å². The summed E-state index contributed by atoms with van der Waals surface area (Å²) >= 11 is 7.06. The van der Waals surface area contributed by atoms with E-state index in [1.165, 1.54) is 0 Å². The van der Waals surface area contributed by atoms with Gasteiger partial charge in [0.2, 0.25) is 0 Å². The Kier molecular flexibility index (Phi) is 4.65. The van der Waals surface area contributed by atoms with E-state index in [1.807, 2.05) is 39.0 Å². The molecule has 0 saturated heterocycles. The molecule has 0 bridgehead atoms. The summed E-state index contributed by atoms with van der Waals surface area (Å²) in [4.78, 5) is 8.89. The first-order valence-electron chi connectivity index (χ1n) is 6.25. The van der Waals surface area contributed by atoms with Crippen molar-refractivity contribution < 1.29 is 0 Å². The quantitative estimate of drug-likeness (QED) is 0.780. The van der Waals surface area contributed by atoms with Gasteiger partial charge in [0.05, 0.1) is 5.69 Å². The fraction of sp³-hybridized carbons (Fsp3) is 0.286. The lowest BCUT2D eigenvalue weighted by atomic mass is 10.2. The summed E-state index contributed by atoms with van der Waals surface area (Å²) in [5.74, 6) is 2.20. The molecule has 1 aromatic heterocycles. The molecule has 4 nitrogen and oxygen atoms in total. The number of hydrogen-bond donors (Lipinski definition) is 2. The number of anilines is 3. The van der Waals surface area contributed by atoms with E-state index in [1.54, 1.807) is 0 Å². The van der Waals surface area contributed by atoms with E-state index >= 15 is 0 Å². The minimum absolute atomic E-state index is 0.223. The van der Waals surface area contributed by atoms with E-state index in [2.05, 4.69) is 47.1 Å². The van der Waals surface area contributed by atoms with Crippen molar-refractivity contribution in [3.8, 4) is 0 Å². The summed E-state index contributed by atoms with van der Waals surface area (Å²) in [5.41, 5.74) is 7.74. The maximum absolute atomic E-state index is 5.97. The topological polar surface area (TPSA) is 63.8 Å². The number of para-hydroxylation sites is 1. The van der Waals surface area contributed by atoms with Gasteiger partial charge in [0.25, 0.3) is 0 Å². The van der Waals surface area contributed by atoms with E-state index in [-0.39, 0.29) is 5.92 Å². The Labute approximate surface area is 135 Å². The first kappa shape index (κ1) is 15.3. The Morgan fingerprint density at radius 1 is 1.15 bits per heavy atom. The molecule has 0 unspecified atom stereocenters. The van der Waals surface area contributed by atoms with Gasteiger partial charge in [0.15, 0.2) is 0 Å². The summed E-state index contributed by atoms with van der Waals surface area (Å²) in [6, 6.07) is 5.90. The Morgan fingerprint density at radius 2 is 1.75 bits per heavy atom. The van der Waals surface area contributed by atoms with Crippen molar-refractivity contribution in [1.29, 1.82) is 0 Å². The van der Waals surface area contributed by atoms with Gasteiger partial charge < -0.3 is 11.1 Å². The van der Waals surface area contributed by atoms with Crippen molar-refractivity contribution in [2.45, 2.75) is 26.7 Å². The van der Waals surface area contributed by atoms with E-state index in [0.29, 0.717) is 5.82 Å². The first-order chi connectivity index (χ1) is 9.40. The first-order valence-corrected chi connectivity index (χ1v) is 7.83. The van der Waals surface area contributed by atoms with Crippen LogP contribution < -0.4 is 11.1 Å². The van der Waals surface area contributed by atoms with Crippen molar-refractivity contribution in [1.82, 2.24) is 9.97 Å². The number of rotatable bonds is 3. The molecule has 20 heavy (non-hydrogen) atoms. The molecule has 0 aliphatic heterocycles. The number of hydrogen-bond acceptors (Lipinski definition) is 4.